The summed E-state index contributed by atoms with van der Waals surface area (Å²) in [5.41, 5.74) is 0.578. The molecule has 0 aliphatic carbocycles. The number of alkyl halides is 3. The number of anilines is 1. The first-order valence-electron chi connectivity index (χ1n) is 9.16. The van der Waals surface area contributed by atoms with Crippen molar-refractivity contribution in [3.8, 4) is 11.4 Å². The molecule has 0 unspecified atom stereocenters. The van der Waals surface area contributed by atoms with E-state index in [4.69, 9.17) is 0 Å². The molecule has 0 aliphatic heterocycles. The van der Waals surface area contributed by atoms with E-state index in [0.717, 1.165) is 14.4 Å². The number of fused-ring (bicyclic) bond motifs is 1. The number of thiophene rings is 1. The van der Waals surface area contributed by atoms with Gasteiger partial charge in [0.15, 0.2) is 5.82 Å². The van der Waals surface area contributed by atoms with Crippen molar-refractivity contribution < 1.29 is 21.6 Å². The summed E-state index contributed by atoms with van der Waals surface area (Å²) in [6, 6.07) is 14.8. The Morgan fingerprint density at radius 3 is 2.45 bits per heavy atom. The highest BCUT2D eigenvalue weighted by Crippen LogP contribution is 2.36. The minimum Gasteiger partial charge on any atom is -0.257 e. The predicted octanol–water partition coefficient (Wildman–Crippen LogP) is 4.62. The van der Waals surface area contributed by atoms with Gasteiger partial charge in [0.25, 0.3) is 10.0 Å². The molecule has 0 fully saturated rings. The second-order valence-electron chi connectivity index (χ2n) is 6.69. The van der Waals surface area contributed by atoms with Crippen molar-refractivity contribution >= 4 is 36.4 Å². The van der Waals surface area contributed by atoms with Gasteiger partial charge in [-0.1, -0.05) is 18.2 Å². The summed E-state index contributed by atoms with van der Waals surface area (Å²) in [5, 5.41) is 14.5. The maximum absolute atomic E-state index is 13.4. The fourth-order valence-electron chi connectivity index (χ4n) is 3.06. The minimum atomic E-state index is -4.36. The molecule has 7 nitrogen and oxygen atoms in total. The number of halogens is 3. The maximum Gasteiger partial charge on any atom is 0.389 e. The van der Waals surface area contributed by atoms with Gasteiger partial charge in [-0.2, -0.15) is 13.2 Å². The van der Waals surface area contributed by atoms with E-state index >= 15 is 0 Å². The average Bonchev–Trinajstić information content (AvgIpc) is 3.40. The van der Waals surface area contributed by atoms with Crippen LogP contribution in [0.3, 0.4) is 0 Å². The Balaban J connectivity index is 1.68. The molecular formula is C19H16F3N5O2S2. The molecule has 0 bridgehead atoms. The summed E-state index contributed by atoms with van der Waals surface area (Å²) in [4.78, 5) is -0.0341. The van der Waals surface area contributed by atoms with Gasteiger partial charge in [-0.25, -0.2) is 13.5 Å². The molecule has 2 aromatic carbocycles. The number of aromatic amines is 1. The number of hydrogen-bond donors (Lipinski definition) is 1. The second kappa shape index (κ2) is 8.27. The van der Waals surface area contributed by atoms with Gasteiger partial charge in [-0.3, -0.25) is 4.31 Å². The van der Waals surface area contributed by atoms with Crippen LogP contribution in [0.1, 0.15) is 12.8 Å². The zero-order chi connectivity index (χ0) is 22.1. The highest BCUT2D eigenvalue weighted by molar-refractivity contribution is 7.93. The van der Waals surface area contributed by atoms with Gasteiger partial charge in [-0.15, -0.1) is 16.4 Å². The van der Waals surface area contributed by atoms with Gasteiger partial charge in [0.1, 0.15) is 5.00 Å². The van der Waals surface area contributed by atoms with Crippen molar-refractivity contribution in [3.05, 3.63) is 54.6 Å². The quantitative estimate of drug-likeness (QED) is 0.428. The molecule has 162 valence electrons. The molecule has 4 aromatic rings. The van der Waals surface area contributed by atoms with Crippen molar-refractivity contribution in [3.63, 3.8) is 0 Å². The van der Waals surface area contributed by atoms with E-state index in [2.05, 4.69) is 20.6 Å². The highest BCUT2D eigenvalue weighted by Gasteiger charge is 2.30. The van der Waals surface area contributed by atoms with Crippen LogP contribution in [0.5, 0.6) is 0 Å². The zero-order valence-corrected chi connectivity index (χ0v) is 17.5. The number of hydrogen-bond acceptors (Lipinski definition) is 6. The molecule has 0 saturated carbocycles. The lowest BCUT2D eigenvalue weighted by molar-refractivity contribution is -0.134. The molecule has 0 amide bonds. The zero-order valence-electron chi connectivity index (χ0n) is 15.9. The van der Waals surface area contributed by atoms with Crippen molar-refractivity contribution in [1.29, 1.82) is 0 Å². The van der Waals surface area contributed by atoms with E-state index in [1.165, 1.54) is 35.6 Å². The summed E-state index contributed by atoms with van der Waals surface area (Å²) in [6.07, 6.45) is -5.78. The number of aromatic nitrogens is 4. The first-order chi connectivity index (χ1) is 14.7. The molecule has 31 heavy (non-hydrogen) atoms. The lowest BCUT2D eigenvalue weighted by atomic mass is 10.2. The normalized spacial score (nSPS) is 12.4. The Hall–Kier alpha value is -2.99. The topological polar surface area (TPSA) is 91.8 Å². The van der Waals surface area contributed by atoms with Crippen LogP contribution in [0.25, 0.3) is 21.5 Å². The molecular weight excluding hydrogens is 451 g/mol. The maximum atomic E-state index is 13.4. The summed E-state index contributed by atoms with van der Waals surface area (Å²) in [6.45, 7) is -0.289. The minimum absolute atomic E-state index is 0.0341. The van der Waals surface area contributed by atoms with Crippen molar-refractivity contribution in [1.82, 2.24) is 20.6 Å². The molecule has 4 rings (SSSR count). The molecule has 0 radical (unpaired) electrons. The fraction of sp³-hybridized carbons (Fsp3) is 0.211. The number of rotatable bonds is 7. The third-order valence-electron chi connectivity index (χ3n) is 4.54. The Kier molecular flexibility index (Phi) is 5.67. The van der Waals surface area contributed by atoms with Crippen LogP contribution in [0.15, 0.2) is 59.5 Å². The van der Waals surface area contributed by atoms with Crippen molar-refractivity contribution in [2.45, 2.75) is 23.9 Å². The molecule has 2 heterocycles. The number of nitrogens with zero attached hydrogens (tertiary/aromatic N) is 4. The fourth-order valence-corrected chi connectivity index (χ4v) is 5.85. The third-order valence-corrected chi connectivity index (χ3v) is 7.62. The monoisotopic (exact) mass is 467 g/mol. The van der Waals surface area contributed by atoms with E-state index in [0.29, 0.717) is 16.4 Å². The van der Waals surface area contributed by atoms with Crippen LogP contribution in [-0.2, 0) is 10.0 Å². The molecule has 2 aromatic heterocycles. The average molecular weight is 467 g/mol. The van der Waals surface area contributed by atoms with Crippen LogP contribution in [0.4, 0.5) is 18.2 Å². The number of nitrogens with one attached hydrogen (secondary N) is 1. The van der Waals surface area contributed by atoms with Gasteiger partial charge in [-0.05, 0) is 58.6 Å². The van der Waals surface area contributed by atoms with Gasteiger partial charge in [0, 0.05) is 23.2 Å². The smallest absolute Gasteiger partial charge is 0.257 e. The summed E-state index contributed by atoms with van der Waals surface area (Å²) < 4.78 is 66.7. The van der Waals surface area contributed by atoms with E-state index < -0.39 is 22.6 Å². The Morgan fingerprint density at radius 2 is 1.81 bits per heavy atom. The molecule has 0 saturated heterocycles. The van der Waals surface area contributed by atoms with Crippen LogP contribution >= 0.6 is 11.3 Å². The lowest BCUT2D eigenvalue weighted by Crippen LogP contribution is -2.32. The number of sulfonamides is 1. The lowest BCUT2D eigenvalue weighted by Gasteiger charge is -2.23. The van der Waals surface area contributed by atoms with Crippen LogP contribution in [0, 0.1) is 0 Å². The van der Waals surface area contributed by atoms with E-state index in [9.17, 15) is 21.6 Å². The SMILES string of the molecule is O=S(=O)(c1ccc(-c2nnn[nH]2)cc1)N(CCCC(F)(F)F)c1cc2ccccc2s1. The summed E-state index contributed by atoms with van der Waals surface area (Å²) in [5.74, 6) is 0.371. The molecule has 12 heteroatoms. The van der Waals surface area contributed by atoms with Gasteiger partial charge >= 0.3 is 6.18 Å². The van der Waals surface area contributed by atoms with E-state index in [1.54, 1.807) is 6.07 Å². The Labute approximate surface area is 179 Å². The molecule has 0 atom stereocenters. The van der Waals surface area contributed by atoms with Crippen LogP contribution < -0.4 is 4.31 Å². The van der Waals surface area contributed by atoms with Crippen molar-refractivity contribution in [2.24, 2.45) is 0 Å². The van der Waals surface area contributed by atoms with Crippen molar-refractivity contribution in [2.75, 3.05) is 10.8 Å². The summed E-state index contributed by atoms with van der Waals surface area (Å²) in [7, 11) is -4.09. The molecule has 1 N–H and O–H groups in total. The highest BCUT2D eigenvalue weighted by atomic mass is 32.2. The predicted molar refractivity (Wildman–Crippen MR) is 111 cm³/mol. The number of H-pyrrole nitrogens is 1. The standard InChI is InChI=1S/C19H16F3N5O2S2/c20-19(21,22)10-3-11-27(17-12-14-4-1-2-5-16(14)30-17)31(28,29)15-8-6-13(7-9-15)18-23-25-26-24-18/h1-2,4-9,12H,3,10-11H2,(H,23,24,25,26). The number of tetrazole rings is 1. The van der Waals surface area contributed by atoms with Crippen LogP contribution in [-0.4, -0.2) is 41.8 Å². The molecule has 0 spiro atoms. The third kappa shape index (κ3) is 4.69. The van der Waals surface area contributed by atoms with E-state index in [1.807, 2.05) is 24.3 Å². The molecule has 0 aliphatic rings. The first kappa shape index (κ1) is 21.2. The second-order valence-corrected chi connectivity index (χ2v) is 9.62. The van der Waals surface area contributed by atoms with Gasteiger partial charge in [0.05, 0.1) is 4.90 Å². The first-order valence-corrected chi connectivity index (χ1v) is 11.4. The van der Waals surface area contributed by atoms with Gasteiger partial charge in [0.2, 0.25) is 0 Å². The summed E-state index contributed by atoms with van der Waals surface area (Å²) >= 11 is 1.22. The Morgan fingerprint density at radius 1 is 1.06 bits per heavy atom. The largest absolute Gasteiger partial charge is 0.389 e. The Bertz CT molecular complexity index is 1240. The van der Waals surface area contributed by atoms with E-state index in [-0.39, 0.29) is 17.9 Å². The number of benzene rings is 2. The van der Waals surface area contributed by atoms with Gasteiger partial charge < -0.3 is 0 Å². The van der Waals surface area contributed by atoms with Crippen LogP contribution in [0.2, 0.25) is 0 Å².